The van der Waals surface area contributed by atoms with Crippen molar-refractivity contribution in [1.82, 2.24) is 35.0 Å². The summed E-state index contributed by atoms with van der Waals surface area (Å²) < 4.78 is 14.7. The van der Waals surface area contributed by atoms with Crippen LogP contribution in [0.3, 0.4) is 0 Å². The lowest BCUT2D eigenvalue weighted by atomic mass is 9.85. The van der Waals surface area contributed by atoms with Gasteiger partial charge in [-0.3, -0.25) is 19.9 Å². The van der Waals surface area contributed by atoms with Gasteiger partial charge in [0.25, 0.3) is 0 Å². The van der Waals surface area contributed by atoms with Crippen LogP contribution in [0, 0.1) is 11.7 Å². The summed E-state index contributed by atoms with van der Waals surface area (Å²) in [6, 6.07) is 10.9. The Bertz CT molecular complexity index is 1990. The van der Waals surface area contributed by atoms with Crippen LogP contribution in [0.4, 0.5) is 15.8 Å². The summed E-state index contributed by atoms with van der Waals surface area (Å²) in [5, 5.41) is 15.6. The van der Waals surface area contributed by atoms with Crippen LogP contribution < -0.4 is 10.6 Å². The lowest BCUT2D eigenvalue weighted by molar-refractivity contribution is -0.122. The fourth-order valence-corrected chi connectivity index (χ4v) is 5.53. The van der Waals surface area contributed by atoms with Gasteiger partial charge in [0.15, 0.2) is 5.65 Å². The van der Waals surface area contributed by atoms with E-state index in [4.69, 9.17) is 0 Å². The smallest absolute Gasteiger partial charge is 0.227 e. The topological polar surface area (TPSA) is 128 Å². The Labute approximate surface area is 253 Å². The number of aromatic nitrogens is 6. The van der Waals surface area contributed by atoms with Crippen molar-refractivity contribution in [2.45, 2.75) is 19.3 Å². The maximum Gasteiger partial charge on any atom is 0.227 e. The highest BCUT2D eigenvalue weighted by Gasteiger charge is 2.25. The van der Waals surface area contributed by atoms with Crippen molar-refractivity contribution in [2.24, 2.45) is 5.92 Å². The first-order valence-electron chi connectivity index (χ1n) is 14.7. The SMILES string of the molecule is CN(C)CCNc1cc(F)cc(-c2cncc3[nH]c(-c4[nH]nc5ncc(-c6cncc(NC(=O)C7CCC7)c6)cc45)cc23)c1. The highest BCUT2D eigenvalue weighted by Crippen LogP contribution is 2.35. The molecular weight excluding hydrogens is 557 g/mol. The Balaban J connectivity index is 1.21. The van der Waals surface area contributed by atoms with Crippen LogP contribution in [0.25, 0.3) is 55.6 Å². The summed E-state index contributed by atoms with van der Waals surface area (Å²) in [6.07, 6.45) is 11.7. The molecule has 6 aromatic rings. The minimum absolute atomic E-state index is 0.0450. The zero-order chi connectivity index (χ0) is 30.2. The molecule has 0 radical (unpaired) electrons. The molecule has 1 aliphatic carbocycles. The van der Waals surface area contributed by atoms with E-state index in [1.54, 1.807) is 31.0 Å². The van der Waals surface area contributed by atoms with Crippen molar-refractivity contribution in [3.05, 3.63) is 73.2 Å². The van der Waals surface area contributed by atoms with Crippen molar-refractivity contribution in [3.63, 3.8) is 0 Å². The van der Waals surface area contributed by atoms with Gasteiger partial charge in [-0.2, -0.15) is 5.10 Å². The number of anilines is 2. The van der Waals surface area contributed by atoms with E-state index >= 15 is 0 Å². The highest BCUT2D eigenvalue weighted by molar-refractivity contribution is 6.01. The van der Waals surface area contributed by atoms with Gasteiger partial charge in [-0.25, -0.2) is 9.37 Å². The van der Waals surface area contributed by atoms with Crippen molar-refractivity contribution in [3.8, 4) is 33.6 Å². The average Bonchev–Trinajstić information content (AvgIpc) is 3.59. The number of benzene rings is 1. The number of aromatic amines is 2. The Morgan fingerprint density at radius 1 is 0.932 bits per heavy atom. The minimum Gasteiger partial charge on any atom is -0.384 e. The average molecular weight is 590 g/mol. The van der Waals surface area contributed by atoms with Crippen LogP contribution in [0.5, 0.6) is 0 Å². The molecule has 1 amide bonds. The predicted molar refractivity (Wildman–Crippen MR) is 171 cm³/mol. The number of halogens is 1. The molecular formula is C33H32FN9O. The molecule has 0 atom stereocenters. The number of hydrogen-bond acceptors (Lipinski definition) is 7. The van der Waals surface area contributed by atoms with Crippen LogP contribution in [0.1, 0.15) is 19.3 Å². The molecule has 0 aliphatic heterocycles. The number of hydrogen-bond donors (Lipinski definition) is 4. The second-order valence-electron chi connectivity index (χ2n) is 11.6. The number of likely N-dealkylation sites (N-methyl/N-ethyl adjacent to an activating group) is 1. The molecule has 0 bridgehead atoms. The van der Waals surface area contributed by atoms with Gasteiger partial charge in [0.05, 0.1) is 35.0 Å². The van der Waals surface area contributed by atoms with Crippen LogP contribution in [-0.4, -0.2) is 68.1 Å². The Hall–Kier alpha value is -5.16. The second kappa shape index (κ2) is 11.5. The van der Waals surface area contributed by atoms with Crippen molar-refractivity contribution < 1.29 is 9.18 Å². The summed E-state index contributed by atoms with van der Waals surface area (Å²) >= 11 is 0. The number of carbonyl (C=O) groups excluding carboxylic acids is 1. The molecule has 5 heterocycles. The lowest BCUT2D eigenvalue weighted by Crippen LogP contribution is -2.28. The van der Waals surface area contributed by atoms with E-state index in [2.05, 4.69) is 45.7 Å². The molecule has 222 valence electrons. The molecule has 4 N–H and O–H groups in total. The molecule has 44 heavy (non-hydrogen) atoms. The number of amides is 1. The first-order chi connectivity index (χ1) is 21.4. The maximum absolute atomic E-state index is 14.7. The van der Waals surface area contributed by atoms with E-state index < -0.39 is 0 Å². The summed E-state index contributed by atoms with van der Waals surface area (Å²) in [5.41, 5.74) is 7.56. The van der Waals surface area contributed by atoms with Crippen LogP contribution in [0.15, 0.2) is 67.4 Å². The maximum atomic E-state index is 14.7. The first kappa shape index (κ1) is 27.7. The van der Waals surface area contributed by atoms with Gasteiger partial charge in [-0.05, 0) is 68.9 Å². The summed E-state index contributed by atoms with van der Waals surface area (Å²) in [5.74, 6) is -0.185. The number of rotatable bonds is 9. The summed E-state index contributed by atoms with van der Waals surface area (Å²) in [6.45, 7) is 1.53. The van der Waals surface area contributed by atoms with Gasteiger partial charge in [0, 0.05) is 70.7 Å². The van der Waals surface area contributed by atoms with Crippen molar-refractivity contribution in [1.29, 1.82) is 0 Å². The fourth-order valence-electron chi connectivity index (χ4n) is 5.53. The summed E-state index contributed by atoms with van der Waals surface area (Å²) in [4.78, 5) is 31.4. The summed E-state index contributed by atoms with van der Waals surface area (Å²) in [7, 11) is 4.00. The van der Waals surface area contributed by atoms with Gasteiger partial charge < -0.3 is 20.5 Å². The Kier molecular flexibility index (Phi) is 7.23. The Morgan fingerprint density at radius 3 is 2.57 bits per heavy atom. The molecule has 0 unspecified atom stereocenters. The third-order valence-corrected chi connectivity index (χ3v) is 8.14. The normalized spacial score (nSPS) is 13.5. The zero-order valence-electron chi connectivity index (χ0n) is 24.5. The number of H-pyrrole nitrogens is 2. The number of fused-ring (bicyclic) bond motifs is 2. The van der Waals surface area contributed by atoms with E-state index in [9.17, 15) is 9.18 Å². The molecule has 1 aliphatic rings. The molecule has 1 saturated carbocycles. The van der Waals surface area contributed by atoms with Gasteiger partial charge in [-0.1, -0.05) is 6.42 Å². The third-order valence-electron chi connectivity index (χ3n) is 8.14. The van der Waals surface area contributed by atoms with Crippen molar-refractivity contribution in [2.75, 3.05) is 37.8 Å². The van der Waals surface area contributed by atoms with E-state index in [1.807, 2.05) is 38.4 Å². The minimum atomic E-state index is -0.318. The number of nitrogens with one attached hydrogen (secondary N) is 4. The van der Waals surface area contributed by atoms with Crippen LogP contribution >= 0.6 is 0 Å². The van der Waals surface area contributed by atoms with Crippen LogP contribution in [-0.2, 0) is 4.79 Å². The zero-order valence-corrected chi connectivity index (χ0v) is 24.5. The first-order valence-corrected chi connectivity index (χ1v) is 14.7. The lowest BCUT2D eigenvalue weighted by Gasteiger charge is -2.24. The molecule has 10 nitrogen and oxygen atoms in total. The molecule has 7 rings (SSSR count). The number of carbonyl (C=O) groups is 1. The van der Waals surface area contributed by atoms with E-state index in [0.717, 1.165) is 75.7 Å². The van der Waals surface area contributed by atoms with E-state index in [-0.39, 0.29) is 17.6 Å². The third kappa shape index (κ3) is 5.49. The largest absolute Gasteiger partial charge is 0.384 e. The van der Waals surface area contributed by atoms with Crippen molar-refractivity contribution >= 4 is 39.2 Å². The van der Waals surface area contributed by atoms with Gasteiger partial charge in [-0.15, -0.1) is 0 Å². The highest BCUT2D eigenvalue weighted by atomic mass is 19.1. The van der Waals surface area contributed by atoms with E-state index in [1.165, 1.54) is 12.1 Å². The molecule has 0 saturated heterocycles. The molecule has 1 aromatic carbocycles. The van der Waals surface area contributed by atoms with Gasteiger partial charge in [0.1, 0.15) is 5.82 Å². The Morgan fingerprint density at radius 2 is 1.75 bits per heavy atom. The van der Waals surface area contributed by atoms with E-state index in [0.29, 0.717) is 23.6 Å². The number of pyridine rings is 3. The standard InChI is InChI=1S/C33H32FN9O/c1-43(2)7-6-37-24-9-20(8-23(34)12-24)28-17-36-18-30-26(28)13-29(40-30)31-27-11-22(15-38-32(27)42-41-31)21-10-25(16-35-14-21)39-33(44)19-4-3-5-19/h8-19,37,40H,3-7H2,1-2H3,(H,39,44)(H,38,41,42). The molecule has 11 heteroatoms. The molecule has 5 aromatic heterocycles. The number of nitrogens with zero attached hydrogens (tertiary/aromatic N) is 5. The molecule has 0 spiro atoms. The monoisotopic (exact) mass is 589 g/mol. The van der Waals surface area contributed by atoms with Gasteiger partial charge >= 0.3 is 0 Å². The predicted octanol–water partition coefficient (Wildman–Crippen LogP) is 6.08. The fraction of sp³-hybridized carbons (Fsp3) is 0.242. The quantitative estimate of drug-likeness (QED) is 0.161. The molecule has 1 fully saturated rings. The second-order valence-corrected chi connectivity index (χ2v) is 11.6. The van der Waals surface area contributed by atoms with Crippen LogP contribution in [0.2, 0.25) is 0 Å². The van der Waals surface area contributed by atoms with Gasteiger partial charge in [0.2, 0.25) is 5.91 Å².